The number of amides is 1. The van der Waals surface area contributed by atoms with Gasteiger partial charge in [-0.1, -0.05) is 12.1 Å². The first-order chi connectivity index (χ1) is 12.5. The average Bonchev–Trinajstić information content (AvgIpc) is 3.13. The van der Waals surface area contributed by atoms with E-state index in [0.717, 1.165) is 39.5 Å². The van der Waals surface area contributed by atoms with E-state index in [4.69, 9.17) is 4.74 Å². The molecule has 2 aromatic carbocycles. The second-order valence-electron chi connectivity index (χ2n) is 6.71. The molecule has 0 radical (unpaired) electrons. The first-order valence-corrected chi connectivity index (χ1v) is 10.2. The molecule has 6 nitrogen and oxygen atoms in total. The summed E-state index contributed by atoms with van der Waals surface area (Å²) in [6, 6.07) is 9.91. The Hall–Kier alpha value is -2.54. The Morgan fingerprint density at radius 2 is 1.81 bits per heavy atom. The highest BCUT2D eigenvalue weighted by molar-refractivity contribution is 7.83. The number of ether oxygens (including phenoxy) is 1. The van der Waals surface area contributed by atoms with Crippen molar-refractivity contribution in [3.8, 4) is 5.75 Å². The maximum Gasteiger partial charge on any atom is 0.231 e. The van der Waals surface area contributed by atoms with Crippen LogP contribution in [0, 0.1) is 0 Å². The lowest BCUT2D eigenvalue weighted by Gasteiger charge is -2.17. The minimum Gasteiger partial charge on any atom is -0.496 e. The van der Waals surface area contributed by atoms with Crippen LogP contribution in [0.3, 0.4) is 0 Å². The van der Waals surface area contributed by atoms with Gasteiger partial charge in [0.25, 0.3) is 0 Å². The van der Waals surface area contributed by atoms with Crippen LogP contribution in [0.2, 0.25) is 0 Å². The lowest BCUT2D eigenvalue weighted by molar-refractivity contribution is -0.116. The Kier molecular flexibility index (Phi) is 4.11. The SMILES string of the molecule is COc1cc(CS(C)=O)ccc1C1Nc2cc3c(cc2N1)C(C)C(=O)N3. The Bertz CT molecular complexity index is 928. The van der Waals surface area contributed by atoms with Gasteiger partial charge in [0.2, 0.25) is 5.91 Å². The summed E-state index contributed by atoms with van der Waals surface area (Å²) in [5.74, 6) is 1.15. The first-order valence-electron chi connectivity index (χ1n) is 8.45. The summed E-state index contributed by atoms with van der Waals surface area (Å²) in [5, 5.41) is 9.82. The summed E-state index contributed by atoms with van der Waals surface area (Å²) in [6.07, 6.45) is 1.56. The molecular weight excluding hydrogens is 350 g/mol. The average molecular weight is 371 g/mol. The van der Waals surface area contributed by atoms with E-state index in [1.807, 2.05) is 37.3 Å². The van der Waals surface area contributed by atoms with Crippen molar-refractivity contribution in [3.05, 3.63) is 47.0 Å². The molecule has 136 valence electrons. The molecule has 0 aromatic heterocycles. The molecule has 0 spiro atoms. The lowest BCUT2D eigenvalue weighted by Crippen LogP contribution is -2.14. The van der Waals surface area contributed by atoms with Gasteiger partial charge in [-0.05, 0) is 36.2 Å². The molecule has 2 aliphatic heterocycles. The maximum absolute atomic E-state index is 11.8. The summed E-state index contributed by atoms with van der Waals surface area (Å²) in [7, 11) is 0.743. The van der Waals surface area contributed by atoms with Gasteiger partial charge in [0.15, 0.2) is 0 Å². The number of methoxy groups -OCH3 is 1. The van der Waals surface area contributed by atoms with Crippen molar-refractivity contribution in [2.24, 2.45) is 0 Å². The zero-order valence-electron chi connectivity index (χ0n) is 14.9. The number of carbonyl (C=O) groups excluding carboxylic acids is 1. The fraction of sp³-hybridized carbons (Fsp3) is 0.316. The topological polar surface area (TPSA) is 79.5 Å². The Morgan fingerprint density at radius 1 is 1.08 bits per heavy atom. The quantitative estimate of drug-likeness (QED) is 0.769. The van der Waals surface area contributed by atoms with Crippen LogP contribution in [0.5, 0.6) is 5.75 Å². The molecule has 0 saturated carbocycles. The number of hydrogen-bond acceptors (Lipinski definition) is 5. The van der Waals surface area contributed by atoms with Crippen LogP contribution in [0.1, 0.15) is 35.7 Å². The van der Waals surface area contributed by atoms with Gasteiger partial charge >= 0.3 is 0 Å². The van der Waals surface area contributed by atoms with Crippen molar-refractivity contribution in [2.45, 2.75) is 24.8 Å². The summed E-state index contributed by atoms with van der Waals surface area (Å²) in [4.78, 5) is 11.8. The molecule has 0 fully saturated rings. The van der Waals surface area contributed by atoms with E-state index in [1.54, 1.807) is 13.4 Å². The van der Waals surface area contributed by atoms with Gasteiger partial charge in [0.05, 0.1) is 24.4 Å². The molecule has 0 bridgehead atoms. The number of benzene rings is 2. The molecule has 2 aliphatic rings. The van der Waals surface area contributed by atoms with Crippen molar-refractivity contribution in [3.63, 3.8) is 0 Å². The van der Waals surface area contributed by atoms with Crippen molar-refractivity contribution < 1.29 is 13.7 Å². The minimum atomic E-state index is -0.896. The third kappa shape index (κ3) is 2.82. The number of rotatable bonds is 4. The Labute approximate surface area is 154 Å². The molecule has 0 saturated heterocycles. The van der Waals surface area contributed by atoms with Crippen LogP contribution >= 0.6 is 0 Å². The van der Waals surface area contributed by atoms with E-state index in [9.17, 15) is 9.00 Å². The van der Waals surface area contributed by atoms with Crippen LogP contribution < -0.4 is 20.7 Å². The van der Waals surface area contributed by atoms with E-state index in [2.05, 4.69) is 16.0 Å². The Morgan fingerprint density at radius 3 is 2.50 bits per heavy atom. The van der Waals surface area contributed by atoms with E-state index in [1.165, 1.54) is 0 Å². The summed E-state index contributed by atoms with van der Waals surface area (Å²) < 4.78 is 17.0. The van der Waals surface area contributed by atoms with Crippen LogP contribution in [-0.4, -0.2) is 23.5 Å². The molecule has 4 rings (SSSR count). The molecule has 26 heavy (non-hydrogen) atoms. The van der Waals surface area contributed by atoms with E-state index < -0.39 is 10.8 Å². The fourth-order valence-corrected chi connectivity index (χ4v) is 4.17. The van der Waals surface area contributed by atoms with Gasteiger partial charge < -0.3 is 20.7 Å². The molecule has 1 amide bonds. The van der Waals surface area contributed by atoms with Crippen LogP contribution in [-0.2, 0) is 21.3 Å². The highest BCUT2D eigenvalue weighted by Gasteiger charge is 2.31. The number of fused-ring (bicyclic) bond motifs is 2. The molecule has 0 aliphatic carbocycles. The van der Waals surface area contributed by atoms with Gasteiger partial charge in [0.1, 0.15) is 11.9 Å². The van der Waals surface area contributed by atoms with Gasteiger partial charge in [-0.3, -0.25) is 9.00 Å². The van der Waals surface area contributed by atoms with Crippen molar-refractivity contribution in [1.29, 1.82) is 0 Å². The summed E-state index contributed by atoms with van der Waals surface area (Å²) >= 11 is 0. The molecule has 3 atom stereocenters. The largest absolute Gasteiger partial charge is 0.496 e. The second-order valence-corrected chi connectivity index (χ2v) is 8.15. The molecule has 2 aromatic rings. The van der Waals surface area contributed by atoms with Crippen LogP contribution in [0.25, 0.3) is 0 Å². The lowest BCUT2D eigenvalue weighted by atomic mass is 10.0. The first kappa shape index (κ1) is 16.9. The number of nitrogens with one attached hydrogen (secondary N) is 3. The fourth-order valence-electron chi connectivity index (χ4n) is 3.53. The van der Waals surface area contributed by atoms with E-state index >= 15 is 0 Å². The standard InChI is InChI=1S/C19H21N3O3S/c1-10-13-7-15-16(8-14(13)22-19(10)23)21-18(20-15)12-5-4-11(9-26(3)24)6-17(12)25-2/h4-8,10,18,20-21H,9H2,1-3H3,(H,22,23). The van der Waals surface area contributed by atoms with Crippen LogP contribution in [0.4, 0.5) is 17.1 Å². The molecule has 2 heterocycles. The van der Waals surface area contributed by atoms with E-state index in [0.29, 0.717) is 5.75 Å². The molecule has 7 heteroatoms. The normalized spacial score (nSPS) is 21.3. The molecular formula is C19H21N3O3S. The predicted molar refractivity (Wildman–Crippen MR) is 104 cm³/mol. The monoisotopic (exact) mass is 371 g/mol. The van der Waals surface area contributed by atoms with Crippen molar-refractivity contribution in [2.75, 3.05) is 29.3 Å². The van der Waals surface area contributed by atoms with Crippen molar-refractivity contribution in [1.82, 2.24) is 0 Å². The summed E-state index contributed by atoms with van der Waals surface area (Å²) in [5.41, 5.74) is 5.76. The Balaban J connectivity index is 1.62. The van der Waals surface area contributed by atoms with Gasteiger partial charge in [-0.15, -0.1) is 0 Å². The van der Waals surface area contributed by atoms with Crippen LogP contribution in [0.15, 0.2) is 30.3 Å². The number of carbonyl (C=O) groups is 1. The smallest absolute Gasteiger partial charge is 0.231 e. The molecule has 3 unspecified atom stereocenters. The van der Waals surface area contributed by atoms with Gasteiger partial charge in [0, 0.05) is 34.1 Å². The summed E-state index contributed by atoms with van der Waals surface area (Å²) in [6.45, 7) is 1.91. The van der Waals surface area contributed by atoms with Gasteiger partial charge in [-0.25, -0.2) is 0 Å². The highest BCUT2D eigenvalue weighted by Crippen LogP contribution is 2.44. The third-order valence-corrected chi connectivity index (χ3v) is 5.63. The minimum absolute atomic E-state index is 0.0331. The predicted octanol–water partition coefficient (Wildman–Crippen LogP) is 3.17. The van der Waals surface area contributed by atoms with E-state index in [-0.39, 0.29) is 18.0 Å². The highest BCUT2D eigenvalue weighted by atomic mass is 32.2. The molecule has 3 N–H and O–H groups in total. The second kappa shape index (κ2) is 6.32. The zero-order valence-corrected chi connectivity index (χ0v) is 15.7. The number of anilines is 3. The number of hydrogen-bond donors (Lipinski definition) is 3. The third-order valence-electron chi connectivity index (χ3n) is 4.89. The zero-order chi connectivity index (χ0) is 18.4. The van der Waals surface area contributed by atoms with Crippen molar-refractivity contribution >= 4 is 33.8 Å². The maximum atomic E-state index is 11.8. The van der Waals surface area contributed by atoms with Gasteiger partial charge in [-0.2, -0.15) is 0 Å².